The number of hydrogen-bond donors (Lipinski definition) is 4. The number of carboxylic acids is 1. The summed E-state index contributed by atoms with van der Waals surface area (Å²) in [6.45, 7) is 4.96. The molecule has 1 saturated heterocycles. The SMILES string of the molecule is Cn1c(C(=O)O)cc2cc(F)ccc21.NC1(C(=O)N[C@H](Cc2ccccc2)C(=O)NCCCN2CCOCC2)CCCCC1. The molecule has 10 nitrogen and oxygen atoms in total. The lowest BCUT2D eigenvalue weighted by Gasteiger charge is -2.33. The summed E-state index contributed by atoms with van der Waals surface area (Å²) in [5.74, 6) is -1.72. The van der Waals surface area contributed by atoms with Crippen molar-refractivity contribution >= 4 is 28.7 Å². The van der Waals surface area contributed by atoms with Gasteiger partial charge in [0.2, 0.25) is 11.8 Å². The van der Waals surface area contributed by atoms with Gasteiger partial charge in [-0.3, -0.25) is 14.5 Å². The van der Waals surface area contributed by atoms with Crippen molar-refractivity contribution in [1.82, 2.24) is 20.1 Å². The largest absolute Gasteiger partial charge is 0.477 e. The van der Waals surface area contributed by atoms with E-state index in [9.17, 15) is 18.8 Å². The molecule has 44 heavy (non-hydrogen) atoms. The highest BCUT2D eigenvalue weighted by Gasteiger charge is 2.37. The van der Waals surface area contributed by atoms with Crippen molar-refractivity contribution < 1.29 is 28.6 Å². The first-order valence-electron chi connectivity index (χ1n) is 15.4. The van der Waals surface area contributed by atoms with Gasteiger partial charge in [-0.2, -0.15) is 0 Å². The van der Waals surface area contributed by atoms with Gasteiger partial charge in [-0.25, -0.2) is 9.18 Å². The van der Waals surface area contributed by atoms with Gasteiger partial charge in [0.15, 0.2) is 0 Å². The molecule has 1 aromatic heterocycles. The Morgan fingerprint density at radius 1 is 1.05 bits per heavy atom. The Hall–Kier alpha value is -3.80. The number of fused-ring (bicyclic) bond motifs is 1. The molecule has 2 heterocycles. The molecule has 0 unspecified atom stereocenters. The van der Waals surface area contributed by atoms with Gasteiger partial charge in [-0.05, 0) is 55.6 Å². The molecule has 1 atom stereocenters. The fourth-order valence-corrected chi connectivity index (χ4v) is 5.76. The van der Waals surface area contributed by atoms with Crippen LogP contribution in [0.3, 0.4) is 0 Å². The highest BCUT2D eigenvalue weighted by molar-refractivity contribution is 5.94. The van der Waals surface area contributed by atoms with Crippen molar-refractivity contribution in [2.24, 2.45) is 12.8 Å². The van der Waals surface area contributed by atoms with Gasteiger partial charge in [0.05, 0.1) is 18.8 Å². The van der Waals surface area contributed by atoms with E-state index in [2.05, 4.69) is 15.5 Å². The maximum atomic E-state index is 12.9. The molecule has 11 heteroatoms. The quantitative estimate of drug-likeness (QED) is 0.259. The van der Waals surface area contributed by atoms with E-state index in [0.29, 0.717) is 36.7 Å². The number of nitrogens with zero attached hydrogens (tertiary/aromatic N) is 2. The van der Waals surface area contributed by atoms with E-state index < -0.39 is 17.6 Å². The minimum Gasteiger partial charge on any atom is -0.477 e. The second-order valence-electron chi connectivity index (χ2n) is 11.6. The number of carbonyl (C=O) groups excluding carboxylic acids is 2. The Bertz CT molecular complexity index is 1400. The van der Waals surface area contributed by atoms with Gasteiger partial charge in [0.1, 0.15) is 17.6 Å². The maximum Gasteiger partial charge on any atom is 0.352 e. The Labute approximate surface area is 257 Å². The number of carboxylic acid groups (broad SMARTS) is 1. The molecule has 2 aliphatic rings. The number of aromatic carboxylic acids is 1. The molecular weight excluding hydrogens is 565 g/mol. The zero-order chi connectivity index (χ0) is 31.5. The zero-order valence-corrected chi connectivity index (χ0v) is 25.4. The molecular formula is C33H44FN5O5. The lowest BCUT2D eigenvalue weighted by Crippen LogP contribution is -2.59. The monoisotopic (exact) mass is 609 g/mol. The third-order valence-electron chi connectivity index (χ3n) is 8.38. The standard InChI is InChI=1S/C23H36N4O3.C10H8FNO2/c24-23(10-5-2-6-11-23)22(29)26-20(18-19-8-3-1-4-9-19)21(28)25-12-7-13-27-14-16-30-17-15-27;1-12-8-3-2-7(11)4-6(8)5-9(12)10(13)14/h1,3-4,8-9,20H,2,5-7,10-18,24H2,(H,25,28)(H,26,29);2-5H,1H3,(H,13,14)/t20-;/m1./s1. The van der Waals surface area contributed by atoms with Crippen molar-refractivity contribution in [3.63, 3.8) is 0 Å². The van der Waals surface area contributed by atoms with E-state index in [1.54, 1.807) is 13.1 Å². The molecule has 2 fully saturated rings. The number of amides is 2. The third kappa shape index (κ3) is 9.10. The Morgan fingerprint density at radius 2 is 1.75 bits per heavy atom. The van der Waals surface area contributed by atoms with E-state index in [4.69, 9.17) is 15.6 Å². The van der Waals surface area contributed by atoms with Gasteiger partial charge < -0.3 is 30.8 Å². The van der Waals surface area contributed by atoms with Gasteiger partial charge in [0, 0.05) is 44.0 Å². The average Bonchev–Trinajstić information content (AvgIpc) is 3.36. The minimum atomic E-state index is -1.01. The number of carbonyl (C=O) groups is 3. The normalized spacial score (nSPS) is 17.2. The number of morpholine rings is 1. The Kier molecular flexibility index (Phi) is 11.9. The first-order chi connectivity index (χ1) is 21.2. The number of aryl methyl sites for hydroxylation is 1. The first kappa shape index (κ1) is 33.1. The van der Waals surface area contributed by atoms with Crippen LogP contribution >= 0.6 is 0 Å². The lowest BCUT2D eigenvalue weighted by atomic mass is 9.81. The van der Waals surface area contributed by atoms with Crippen molar-refractivity contribution in [2.45, 2.75) is 56.5 Å². The molecule has 3 aromatic rings. The van der Waals surface area contributed by atoms with Crippen molar-refractivity contribution in [2.75, 3.05) is 39.4 Å². The van der Waals surface area contributed by atoms with Gasteiger partial charge in [-0.15, -0.1) is 0 Å². The molecule has 0 bridgehead atoms. The second-order valence-corrected chi connectivity index (χ2v) is 11.6. The van der Waals surface area contributed by atoms with Crippen LogP contribution in [0.25, 0.3) is 10.9 Å². The molecule has 1 saturated carbocycles. The predicted octanol–water partition coefficient (Wildman–Crippen LogP) is 3.23. The number of hydrogen-bond acceptors (Lipinski definition) is 6. The molecule has 0 radical (unpaired) electrons. The predicted molar refractivity (Wildman–Crippen MR) is 167 cm³/mol. The summed E-state index contributed by atoms with van der Waals surface area (Å²) in [6, 6.07) is 14.8. The van der Waals surface area contributed by atoms with Gasteiger partial charge in [-0.1, -0.05) is 49.6 Å². The molecule has 1 aliphatic heterocycles. The van der Waals surface area contributed by atoms with Crippen LogP contribution in [0.1, 0.15) is 54.6 Å². The summed E-state index contributed by atoms with van der Waals surface area (Å²) in [4.78, 5) is 39.0. The number of nitrogens with two attached hydrogens (primary N) is 1. The lowest BCUT2D eigenvalue weighted by molar-refractivity contribution is -0.132. The summed E-state index contributed by atoms with van der Waals surface area (Å²) in [5.41, 5.74) is 7.42. The van der Waals surface area contributed by atoms with E-state index in [-0.39, 0.29) is 23.3 Å². The summed E-state index contributed by atoms with van der Waals surface area (Å²) < 4.78 is 19.7. The molecule has 2 aromatic carbocycles. The van der Waals surface area contributed by atoms with Crippen LogP contribution in [0.2, 0.25) is 0 Å². The van der Waals surface area contributed by atoms with E-state index >= 15 is 0 Å². The summed E-state index contributed by atoms with van der Waals surface area (Å²) in [5, 5.41) is 15.4. The van der Waals surface area contributed by atoms with Crippen LogP contribution in [-0.2, 0) is 27.8 Å². The highest BCUT2D eigenvalue weighted by atomic mass is 19.1. The van der Waals surface area contributed by atoms with Crippen molar-refractivity contribution in [1.29, 1.82) is 0 Å². The van der Waals surface area contributed by atoms with Crippen LogP contribution in [-0.4, -0.2) is 83.3 Å². The number of aromatic nitrogens is 1. The van der Waals surface area contributed by atoms with E-state index in [1.807, 2.05) is 30.3 Å². The zero-order valence-electron chi connectivity index (χ0n) is 25.4. The number of benzene rings is 2. The number of nitrogens with one attached hydrogen (secondary N) is 2. The fourth-order valence-electron chi connectivity index (χ4n) is 5.76. The summed E-state index contributed by atoms with van der Waals surface area (Å²) in [6.07, 6.45) is 5.72. The molecule has 0 spiro atoms. The van der Waals surface area contributed by atoms with Crippen LogP contribution in [0.15, 0.2) is 54.6 Å². The summed E-state index contributed by atoms with van der Waals surface area (Å²) in [7, 11) is 1.64. The first-order valence-corrected chi connectivity index (χ1v) is 15.4. The smallest absolute Gasteiger partial charge is 0.352 e. The molecule has 5 N–H and O–H groups in total. The van der Waals surface area contributed by atoms with Crippen LogP contribution < -0.4 is 16.4 Å². The van der Waals surface area contributed by atoms with Crippen LogP contribution in [0.5, 0.6) is 0 Å². The third-order valence-corrected chi connectivity index (χ3v) is 8.38. The minimum absolute atomic E-state index is 0.145. The fraction of sp³-hybridized carbons (Fsp3) is 0.485. The van der Waals surface area contributed by atoms with Gasteiger partial charge >= 0.3 is 5.97 Å². The van der Waals surface area contributed by atoms with Crippen LogP contribution in [0, 0.1) is 5.82 Å². The number of halogens is 1. The topological polar surface area (TPSA) is 139 Å². The number of ether oxygens (including phenoxy) is 1. The molecule has 1 aliphatic carbocycles. The Morgan fingerprint density at radius 3 is 2.43 bits per heavy atom. The van der Waals surface area contributed by atoms with Crippen molar-refractivity contribution in [3.05, 3.63) is 71.7 Å². The average molecular weight is 610 g/mol. The maximum absolute atomic E-state index is 12.9. The summed E-state index contributed by atoms with van der Waals surface area (Å²) >= 11 is 0. The van der Waals surface area contributed by atoms with E-state index in [1.165, 1.54) is 22.8 Å². The van der Waals surface area contributed by atoms with Crippen molar-refractivity contribution in [3.8, 4) is 0 Å². The second kappa shape index (κ2) is 15.8. The van der Waals surface area contributed by atoms with Crippen LogP contribution in [0.4, 0.5) is 4.39 Å². The molecule has 238 valence electrons. The van der Waals surface area contributed by atoms with Gasteiger partial charge in [0.25, 0.3) is 0 Å². The van der Waals surface area contributed by atoms with E-state index in [0.717, 1.165) is 64.1 Å². The molecule has 2 amide bonds. The number of rotatable bonds is 10. The highest BCUT2D eigenvalue weighted by Crippen LogP contribution is 2.26. The Balaban J connectivity index is 0.000000262. The molecule has 5 rings (SSSR count).